The van der Waals surface area contributed by atoms with Crippen LogP contribution in [0.4, 0.5) is 0 Å². The molecular formula is C13H15NO3. The van der Waals surface area contributed by atoms with Crippen molar-refractivity contribution in [2.75, 3.05) is 6.54 Å². The van der Waals surface area contributed by atoms with Crippen LogP contribution in [-0.2, 0) is 4.79 Å². The maximum Gasteiger partial charge on any atom is 0.326 e. The van der Waals surface area contributed by atoms with Crippen LogP contribution in [0, 0.1) is 6.92 Å². The molecule has 1 fully saturated rings. The number of likely N-dealkylation sites (tertiary alicyclic amines) is 1. The summed E-state index contributed by atoms with van der Waals surface area (Å²) in [6.07, 6.45) is 1.31. The van der Waals surface area contributed by atoms with Crippen LogP contribution in [0.25, 0.3) is 0 Å². The molecule has 1 heterocycles. The Bertz CT molecular complexity index is 438. The van der Waals surface area contributed by atoms with Gasteiger partial charge in [-0.05, 0) is 31.9 Å². The van der Waals surface area contributed by atoms with E-state index in [0.717, 1.165) is 12.0 Å². The topological polar surface area (TPSA) is 57.6 Å². The lowest BCUT2D eigenvalue weighted by atomic mass is 10.1. The molecular weight excluding hydrogens is 218 g/mol. The van der Waals surface area contributed by atoms with E-state index in [1.54, 1.807) is 12.1 Å². The largest absolute Gasteiger partial charge is 0.480 e. The molecule has 1 aromatic rings. The monoisotopic (exact) mass is 233 g/mol. The van der Waals surface area contributed by atoms with Crippen LogP contribution in [0.15, 0.2) is 24.3 Å². The van der Waals surface area contributed by atoms with Gasteiger partial charge in [-0.15, -0.1) is 0 Å². The third-order valence-electron chi connectivity index (χ3n) is 3.10. The van der Waals surface area contributed by atoms with Gasteiger partial charge in [0.05, 0.1) is 0 Å². The van der Waals surface area contributed by atoms with Gasteiger partial charge in [0.15, 0.2) is 0 Å². The Kier molecular flexibility index (Phi) is 3.13. The predicted octanol–water partition coefficient (Wildman–Crippen LogP) is 1.68. The van der Waals surface area contributed by atoms with Gasteiger partial charge in [0.25, 0.3) is 5.91 Å². The number of aryl methyl sites for hydroxylation is 1. The van der Waals surface area contributed by atoms with E-state index in [9.17, 15) is 9.59 Å². The Hall–Kier alpha value is -1.84. The van der Waals surface area contributed by atoms with E-state index in [-0.39, 0.29) is 5.91 Å². The summed E-state index contributed by atoms with van der Waals surface area (Å²) in [5.41, 5.74) is 1.64. The molecule has 1 saturated heterocycles. The number of aliphatic carboxylic acids is 1. The van der Waals surface area contributed by atoms with Crippen LogP contribution in [0.1, 0.15) is 28.8 Å². The van der Waals surface area contributed by atoms with Gasteiger partial charge in [0.2, 0.25) is 0 Å². The predicted molar refractivity (Wildman–Crippen MR) is 62.9 cm³/mol. The van der Waals surface area contributed by atoms with Crippen molar-refractivity contribution in [1.82, 2.24) is 4.90 Å². The highest BCUT2D eigenvalue weighted by Gasteiger charge is 2.34. The molecule has 1 aliphatic heterocycles. The number of hydrogen-bond acceptors (Lipinski definition) is 2. The van der Waals surface area contributed by atoms with E-state index in [1.807, 2.05) is 19.1 Å². The molecule has 90 valence electrons. The number of rotatable bonds is 2. The first kappa shape index (κ1) is 11.6. The average molecular weight is 233 g/mol. The van der Waals surface area contributed by atoms with Gasteiger partial charge in [-0.3, -0.25) is 4.79 Å². The minimum absolute atomic E-state index is 0.185. The second kappa shape index (κ2) is 4.57. The lowest BCUT2D eigenvalue weighted by molar-refractivity contribution is -0.141. The van der Waals surface area contributed by atoms with Crippen molar-refractivity contribution in [3.8, 4) is 0 Å². The summed E-state index contributed by atoms with van der Waals surface area (Å²) in [4.78, 5) is 24.6. The Morgan fingerprint density at radius 1 is 1.29 bits per heavy atom. The first-order chi connectivity index (χ1) is 8.09. The third kappa shape index (κ3) is 2.30. The quantitative estimate of drug-likeness (QED) is 0.845. The molecule has 1 aromatic carbocycles. The molecule has 1 N–H and O–H groups in total. The summed E-state index contributed by atoms with van der Waals surface area (Å²) in [5, 5.41) is 9.03. The van der Waals surface area contributed by atoms with Gasteiger partial charge < -0.3 is 10.0 Å². The number of benzene rings is 1. The van der Waals surface area contributed by atoms with Gasteiger partial charge >= 0.3 is 5.97 Å². The number of carboxylic acids is 1. The normalized spacial score (nSPS) is 19.4. The summed E-state index contributed by atoms with van der Waals surface area (Å²) in [6.45, 7) is 2.48. The Balaban J connectivity index is 2.19. The number of amides is 1. The number of carbonyl (C=O) groups is 2. The van der Waals surface area contributed by atoms with E-state index in [0.29, 0.717) is 18.5 Å². The standard InChI is InChI=1S/C13H15NO3/c1-9-4-6-10(7-5-9)12(15)14-8-2-3-11(14)13(16)17/h4-7,11H,2-3,8H2,1H3,(H,16,17). The summed E-state index contributed by atoms with van der Waals surface area (Å²) >= 11 is 0. The van der Waals surface area contributed by atoms with Crippen LogP contribution in [0.3, 0.4) is 0 Å². The fourth-order valence-electron chi connectivity index (χ4n) is 2.13. The molecule has 2 rings (SSSR count). The minimum atomic E-state index is -0.914. The number of carbonyl (C=O) groups excluding carboxylic acids is 1. The molecule has 0 saturated carbocycles. The van der Waals surface area contributed by atoms with Crippen molar-refractivity contribution >= 4 is 11.9 Å². The zero-order valence-electron chi connectivity index (χ0n) is 9.72. The summed E-state index contributed by atoms with van der Waals surface area (Å²) in [7, 11) is 0. The molecule has 1 unspecified atom stereocenters. The molecule has 0 aromatic heterocycles. The SMILES string of the molecule is Cc1ccc(C(=O)N2CCCC2C(=O)O)cc1. The molecule has 4 heteroatoms. The average Bonchev–Trinajstić information content (AvgIpc) is 2.78. The molecule has 4 nitrogen and oxygen atoms in total. The Morgan fingerprint density at radius 3 is 2.53 bits per heavy atom. The zero-order valence-corrected chi connectivity index (χ0v) is 9.72. The van der Waals surface area contributed by atoms with Crippen LogP contribution in [-0.4, -0.2) is 34.5 Å². The minimum Gasteiger partial charge on any atom is -0.480 e. The summed E-state index contributed by atoms with van der Waals surface area (Å²) < 4.78 is 0. The Morgan fingerprint density at radius 2 is 1.94 bits per heavy atom. The van der Waals surface area contributed by atoms with E-state index in [1.165, 1.54) is 4.90 Å². The lowest BCUT2D eigenvalue weighted by Crippen LogP contribution is -2.40. The molecule has 0 aliphatic carbocycles. The van der Waals surface area contributed by atoms with Crippen LogP contribution >= 0.6 is 0 Å². The maximum atomic E-state index is 12.1. The smallest absolute Gasteiger partial charge is 0.326 e. The van der Waals surface area contributed by atoms with E-state index >= 15 is 0 Å². The molecule has 0 bridgehead atoms. The molecule has 1 amide bonds. The second-order valence-corrected chi connectivity index (χ2v) is 4.36. The van der Waals surface area contributed by atoms with Gasteiger partial charge in [-0.25, -0.2) is 4.79 Å². The fourth-order valence-corrected chi connectivity index (χ4v) is 2.13. The van der Waals surface area contributed by atoms with Crippen molar-refractivity contribution in [2.45, 2.75) is 25.8 Å². The van der Waals surface area contributed by atoms with Crippen molar-refractivity contribution < 1.29 is 14.7 Å². The number of nitrogens with zero attached hydrogens (tertiary/aromatic N) is 1. The molecule has 0 radical (unpaired) electrons. The van der Waals surface area contributed by atoms with E-state index < -0.39 is 12.0 Å². The molecule has 17 heavy (non-hydrogen) atoms. The van der Waals surface area contributed by atoms with Crippen molar-refractivity contribution in [2.24, 2.45) is 0 Å². The summed E-state index contributed by atoms with van der Waals surface area (Å²) in [5.74, 6) is -1.10. The van der Waals surface area contributed by atoms with E-state index in [2.05, 4.69) is 0 Å². The van der Waals surface area contributed by atoms with Crippen molar-refractivity contribution in [3.05, 3.63) is 35.4 Å². The zero-order chi connectivity index (χ0) is 12.4. The highest BCUT2D eigenvalue weighted by molar-refractivity contribution is 5.96. The van der Waals surface area contributed by atoms with Crippen molar-refractivity contribution in [1.29, 1.82) is 0 Å². The first-order valence-electron chi connectivity index (χ1n) is 5.70. The highest BCUT2D eigenvalue weighted by Crippen LogP contribution is 2.20. The number of hydrogen-bond donors (Lipinski definition) is 1. The van der Waals surface area contributed by atoms with Crippen LogP contribution in [0.5, 0.6) is 0 Å². The molecule has 1 atom stereocenters. The van der Waals surface area contributed by atoms with Crippen LogP contribution in [0.2, 0.25) is 0 Å². The van der Waals surface area contributed by atoms with Crippen LogP contribution < -0.4 is 0 Å². The second-order valence-electron chi connectivity index (χ2n) is 4.36. The summed E-state index contributed by atoms with van der Waals surface area (Å²) in [6, 6.07) is 6.55. The highest BCUT2D eigenvalue weighted by atomic mass is 16.4. The van der Waals surface area contributed by atoms with Gasteiger partial charge in [0.1, 0.15) is 6.04 Å². The first-order valence-corrected chi connectivity index (χ1v) is 5.70. The van der Waals surface area contributed by atoms with E-state index in [4.69, 9.17) is 5.11 Å². The van der Waals surface area contributed by atoms with Gasteiger partial charge in [-0.1, -0.05) is 17.7 Å². The maximum absolute atomic E-state index is 12.1. The van der Waals surface area contributed by atoms with Gasteiger partial charge in [0, 0.05) is 12.1 Å². The molecule has 1 aliphatic rings. The van der Waals surface area contributed by atoms with Gasteiger partial charge in [-0.2, -0.15) is 0 Å². The third-order valence-corrected chi connectivity index (χ3v) is 3.10. The Labute approximate surface area is 99.9 Å². The van der Waals surface area contributed by atoms with Crippen molar-refractivity contribution in [3.63, 3.8) is 0 Å². The lowest BCUT2D eigenvalue weighted by Gasteiger charge is -2.21. The molecule has 0 spiro atoms. The number of carboxylic acid groups (broad SMARTS) is 1. The fraction of sp³-hybridized carbons (Fsp3) is 0.385.